The predicted molar refractivity (Wildman–Crippen MR) is 92.2 cm³/mol. The van der Waals surface area contributed by atoms with Crippen LogP contribution in [0.3, 0.4) is 0 Å². The summed E-state index contributed by atoms with van der Waals surface area (Å²) in [6.45, 7) is 5.75. The monoisotopic (exact) mass is 380 g/mol. The van der Waals surface area contributed by atoms with E-state index in [1.54, 1.807) is 0 Å². The molecule has 5 heteroatoms. The van der Waals surface area contributed by atoms with Crippen molar-refractivity contribution in [1.29, 1.82) is 0 Å². The lowest BCUT2D eigenvalue weighted by atomic mass is 9.86. The Kier molecular flexibility index (Phi) is 8.77. The SMILES string of the molecule is I.NC(=NCC1CCC1)NCCCCN1CCCC1. The van der Waals surface area contributed by atoms with E-state index in [-0.39, 0.29) is 24.0 Å². The van der Waals surface area contributed by atoms with Crippen LogP contribution in [0.5, 0.6) is 0 Å². The van der Waals surface area contributed by atoms with Gasteiger partial charge in [-0.25, -0.2) is 0 Å². The van der Waals surface area contributed by atoms with Crippen molar-refractivity contribution < 1.29 is 0 Å². The number of unbranched alkanes of at least 4 members (excludes halogenated alkanes) is 1. The Balaban J connectivity index is 0.00000180. The van der Waals surface area contributed by atoms with E-state index in [9.17, 15) is 0 Å². The number of nitrogens with zero attached hydrogens (tertiary/aromatic N) is 2. The zero-order valence-electron chi connectivity index (χ0n) is 11.9. The lowest BCUT2D eigenvalue weighted by Gasteiger charge is -2.23. The maximum atomic E-state index is 5.83. The van der Waals surface area contributed by atoms with Crippen LogP contribution in [-0.2, 0) is 0 Å². The number of likely N-dealkylation sites (tertiary alicyclic amines) is 1. The summed E-state index contributed by atoms with van der Waals surface area (Å²) in [6, 6.07) is 0. The molecule has 3 N–H and O–H groups in total. The molecule has 0 unspecified atom stereocenters. The topological polar surface area (TPSA) is 53.6 Å². The van der Waals surface area contributed by atoms with Gasteiger partial charge in [0.2, 0.25) is 0 Å². The predicted octanol–water partition coefficient (Wildman–Crippen LogP) is 2.18. The standard InChI is InChI=1S/C14H28N4.HI/c15-14(17-12-13-6-5-7-13)16-8-1-2-9-18-10-3-4-11-18;/h13H,1-12H2,(H3,15,16,17);1H. The fourth-order valence-electron chi connectivity index (χ4n) is 2.64. The van der Waals surface area contributed by atoms with Crippen LogP contribution in [0.4, 0.5) is 0 Å². The average molecular weight is 380 g/mol. The highest BCUT2D eigenvalue weighted by Gasteiger charge is 2.16. The number of hydrogen-bond acceptors (Lipinski definition) is 2. The average Bonchev–Trinajstić information content (AvgIpc) is 2.79. The van der Waals surface area contributed by atoms with Gasteiger partial charge in [-0.15, -0.1) is 24.0 Å². The molecule has 0 amide bonds. The van der Waals surface area contributed by atoms with Crippen LogP contribution in [0.15, 0.2) is 4.99 Å². The molecular weight excluding hydrogens is 351 g/mol. The first-order valence-electron chi connectivity index (χ1n) is 7.61. The van der Waals surface area contributed by atoms with Crippen molar-refractivity contribution in [3.8, 4) is 0 Å². The minimum Gasteiger partial charge on any atom is -0.370 e. The normalized spacial score (nSPS) is 20.9. The number of hydrogen-bond donors (Lipinski definition) is 2. The zero-order valence-corrected chi connectivity index (χ0v) is 14.3. The molecule has 1 saturated carbocycles. The Labute approximate surface area is 134 Å². The van der Waals surface area contributed by atoms with E-state index in [2.05, 4.69) is 15.2 Å². The Hall–Kier alpha value is -0.0400. The number of nitrogens with two attached hydrogens (primary N) is 1. The third-order valence-corrected chi connectivity index (χ3v) is 4.15. The summed E-state index contributed by atoms with van der Waals surface area (Å²) in [5.74, 6) is 1.45. The molecule has 1 saturated heterocycles. The highest BCUT2D eigenvalue weighted by molar-refractivity contribution is 14.0. The summed E-state index contributed by atoms with van der Waals surface area (Å²) in [6.07, 6.45) is 9.29. The van der Waals surface area contributed by atoms with Gasteiger partial charge in [0, 0.05) is 13.1 Å². The number of rotatable bonds is 7. The molecule has 19 heavy (non-hydrogen) atoms. The Morgan fingerprint density at radius 3 is 2.53 bits per heavy atom. The van der Waals surface area contributed by atoms with Gasteiger partial charge in [-0.1, -0.05) is 6.42 Å². The van der Waals surface area contributed by atoms with Gasteiger partial charge in [0.1, 0.15) is 0 Å². The first-order valence-corrected chi connectivity index (χ1v) is 7.61. The van der Waals surface area contributed by atoms with Gasteiger partial charge < -0.3 is 16.0 Å². The number of aliphatic imine (C=N–C) groups is 1. The minimum absolute atomic E-state index is 0. The molecule has 2 aliphatic rings. The van der Waals surface area contributed by atoms with E-state index in [1.807, 2.05) is 0 Å². The molecule has 0 aromatic rings. The maximum absolute atomic E-state index is 5.83. The molecule has 0 atom stereocenters. The summed E-state index contributed by atoms with van der Waals surface area (Å²) in [5.41, 5.74) is 5.83. The lowest BCUT2D eigenvalue weighted by molar-refractivity contribution is 0.325. The lowest BCUT2D eigenvalue weighted by Crippen LogP contribution is -2.33. The Bertz CT molecular complexity index is 260. The van der Waals surface area contributed by atoms with Gasteiger partial charge >= 0.3 is 0 Å². The molecule has 1 aliphatic heterocycles. The van der Waals surface area contributed by atoms with Crippen molar-refractivity contribution in [2.45, 2.75) is 44.9 Å². The van der Waals surface area contributed by atoms with Gasteiger partial charge in [0.15, 0.2) is 5.96 Å². The van der Waals surface area contributed by atoms with Crippen molar-refractivity contribution in [1.82, 2.24) is 10.2 Å². The minimum atomic E-state index is 0. The highest BCUT2D eigenvalue weighted by atomic mass is 127. The second kappa shape index (κ2) is 9.80. The first kappa shape index (κ1) is 17.0. The van der Waals surface area contributed by atoms with Crippen LogP contribution in [-0.4, -0.2) is 43.6 Å². The molecule has 4 nitrogen and oxygen atoms in total. The second-order valence-electron chi connectivity index (χ2n) is 5.71. The number of guanidine groups is 1. The van der Waals surface area contributed by atoms with Crippen LogP contribution in [0.2, 0.25) is 0 Å². The summed E-state index contributed by atoms with van der Waals surface area (Å²) in [7, 11) is 0. The first-order chi connectivity index (χ1) is 8.84. The van der Waals surface area contributed by atoms with Crippen molar-refractivity contribution >= 4 is 29.9 Å². The van der Waals surface area contributed by atoms with E-state index in [0.717, 1.165) is 19.0 Å². The quantitative estimate of drug-likeness (QED) is 0.308. The molecular formula is C14H29IN4. The fraction of sp³-hybridized carbons (Fsp3) is 0.929. The smallest absolute Gasteiger partial charge is 0.188 e. The second-order valence-corrected chi connectivity index (χ2v) is 5.71. The van der Waals surface area contributed by atoms with Gasteiger partial charge in [-0.2, -0.15) is 0 Å². The van der Waals surface area contributed by atoms with Gasteiger partial charge in [0.25, 0.3) is 0 Å². The van der Waals surface area contributed by atoms with Gasteiger partial charge in [-0.3, -0.25) is 4.99 Å². The molecule has 1 aliphatic carbocycles. The molecule has 0 aromatic heterocycles. The fourth-order valence-corrected chi connectivity index (χ4v) is 2.64. The van der Waals surface area contributed by atoms with Crippen molar-refractivity contribution in [2.24, 2.45) is 16.6 Å². The van der Waals surface area contributed by atoms with Crippen molar-refractivity contribution in [3.05, 3.63) is 0 Å². The summed E-state index contributed by atoms with van der Waals surface area (Å²) < 4.78 is 0. The zero-order chi connectivity index (χ0) is 12.6. The largest absolute Gasteiger partial charge is 0.370 e. The van der Waals surface area contributed by atoms with Crippen molar-refractivity contribution in [3.63, 3.8) is 0 Å². The van der Waals surface area contributed by atoms with Crippen LogP contribution in [0, 0.1) is 5.92 Å². The molecule has 112 valence electrons. The Morgan fingerprint density at radius 2 is 1.89 bits per heavy atom. The molecule has 0 bridgehead atoms. The van der Waals surface area contributed by atoms with Crippen LogP contribution in [0.1, 0.15) is 44.9 Å². The van der Waals surface area contributed by atoms with E-state index in [1.165, 1.54) is 64.6 Å². The highest BCUT2D eigenvalue weighted by Crippen LogP contribution is 2.26. The van der Waals surface area contributed by atoms with E-state index >= 15 is 0 Å². The van der Waals surface area contributed by atoms with Crippen LogP contribution >= 0.6 is 24.0 Å². The molecule has 2 rings (SSSR count). The number of halogens is 1. The molecule has 0 aromatic carbocycles. The molecule has 0 spiro atoms. The van der Waals surface area contributed by atoms with Crippen LogP contribution in [0.25, 0.3) is 0 Å². The maximum Gasteiger partial charge on any atom is 0.188 e. The van der Waals surface area contributed by atoms with Crippen LogP contribution < -0.4 is 11.1 Å². The summed E-state index contributed by atoms with van der Waals surface area (Å²) in [4.78, 5) is 6.96. The Morgan fingerprint density at radius 1 is 1.16 bits per heavy atom. The third kappa shape index (κ3) is 6.79. The van der Waals surface area contributed by atoms with Gasteiger partial charge in [0.05, 0.1) is 0 Å². The summed E-state index contributed by atoms with van der Waals surface area (Å²) in [5, 5.41) is 3.22. The molecule has 0 radical (unpaired) electrons. The summed E-state index contributed by atoms with van der Waals surface area (Å²) >= 11 is 0. The molecule has 2 fully saturated rings. The number of nitrogens with one attached hydrogen (secondary N) is 1. The van der Waals surface area contributed by atoms with Gasteiger partial charge in [-0.05, 0) is 64.1 Å². The molecule has 1 heterocycles. The van der Waals surface area contributed by atoms with E-state index < -0.39 is 0 Å². The van der Waals surface area contributed by atoms with Crippen molar-refractivity contribution in [2.75, 3.05) is 32.7 Å². The van der Waals surface area contributed by atoms with E-state index in [4.69, 9.17) is 5.73 Å². The van der Waals surface area contributed by atoms with E-state index in [0.29, 0.717) is 5.96 Å². The third-order valence-electron chi connectivity index (χ3n) is 4.15.